The van der Waals surface area contributed by atoms with E-state index in [1.807, 2.05) is 19.9 Å². The molecule has 224 valence electrons. The fraction of sp³-hybridized carbons (Fsp3) is 0.788. The van der Waals surface area contributed by atoms with E-state index in [0.29, 0.717) is 42.7 Å². The summed E-state index contributed by atoms with van der Waals surface area (Å²) in [4.78, 5) is 36.7. The lowest BCUT2D eigenvalue weighted by Gasteiger charge is -2.69. The standard InChI is InChI=1S/C33H50O7/c1-18(2)10-9-11-22(30(37)38)28-24-16-25(36)29-31(6)14-13-26(39-20(4)34)19(3)23(31)12-15-32(29,7)33(24,8)17-27(28)40-21(5)35/h10,19,23-27,29,36H,9,11-17H2,1-8H3,(H,37,38)/b28-22-/t19-,23?,24?,25+,26+,27-,29?,31-,32-,33-/m0/s1. The second kappa shape index (κ2) is 10.9. The van der Waals surface area contributed by atoms with E-state index in [1.165, 1.54) is 13.8 Å². The largest absolute Gasteiger partial charge is 0.478 e. The van der Waals surface area contributed by atoms with Crippen LogP contribution in [0.4, 0.5) is 0 Å². The maximum absolute atomic E-state index is 12.7. The van der Waals surface area contributed by atoms with Gasteiger partial charge in [-0.1, -0.05) is 39.3 Å². The van der Waals surface area contributed by atoms with Crippen molar-refractivity contribution < 1.29 is 34.1 Å². The number of carbonyl (C=O) groups excluding carboxylic acids is 2. The van der Waals surface area contributed by atoms with E-state index in [-0.39, 0.29) is 46.1 Å². The summed E-state index contributed by atoms with van der Waals surface area (Å²) in [5, 5.41) is 22.4. The van der Waals surface area contributed by atoms with E-state index < -0.39 is 24.1 Å². The molecule has 0 spiro atoms. The molecule has 0 saturated heterocycles. The van der Waals surface area contributed by atoms with Crippen LogP contribution in [0, 0.1) is 39.9 Å². The molecule has 0 radical (unpaired) electrons. The summed E-state index contributed by atoms with van der Waals surface area (Å²) in [6, 6.07) is 0. The monoisotopic (exact) mass is 558 g/mol. The van der Waals surface area contributed by atoms with Gasteiger partial charge in [0.2, 0.25) is 0 Å². The molecule has 0 aromatic rings. The van der Waals surface area contributed by atoms with Crippen molar-refractivity contribution in [2.45, 2.75) is 125 Å². The third kappa shape index (κ3) is 4.94. The average molecular weight is 559 g/mol. The summed E-state index contributed by atoms with van der Waals surface area (Å²) < 4.78 is 11.6. The molecule has 7 heteroatoms. The number of carbonyl (C=O) groups is 3. The molecule has 0 heterocycles. The fourth-order valence-electron chi connectivity index (χ4n) is 10.2. The maximum atomic E-state index is 12.7. The topological polar surface area (TPSA) is 110 Å². The lowest BCUT2D eigenvalue weighted by molar-refractivity contribution is -0.236. The first-order chi connectivity index (χ1) is 18.6. The average Bonchev–Trinajstić information content (AvgIpc) is 3.09. The predicted octanol–water partition coefficient (Wildman–Crippen LogP) is 6.24. The van der Waals surface area contributed by atoms with Gasteiger partial charge in [-0.05, 0) is 111 Å². The molecule has 0 aromatic carbocycles. The molecule has 40 heavy (non-hydrogen) atoms. The van der Waals surface area contributed by atoms with Crippen molar-refractivity contribution in [1.82, 2.24) is 0 Å². The first-order valence-corrected chi connectivity index (χ1v) is 15.2. The number of aliphatic carboxylic acids is 1. The Hall–Kier alpha value is -2.15. The minimum atomic E-state index is -0.964. The molecule has 4 saturated carbocycles. The van der Waals surface area contributed by atoms with Crippen molar-refractivity contribution in [1.29, 1.82) is 0 Å². The number of aliphatic hydroxyl groups excluding tert-OH is 1. The van der Waals surface area contributed by atoms with Gasteiger partial charge in [-0.3, -0.25) is 9.59 Å². The zero-order valence-corrected chi connectivity index (χ0v) is 25.7. The van der Waals surface area contributed by atoms with Crippen molar-refractivity contribution >= 4 is 17.9 Å². The number of carboxylic acids is 1. The van der Waals surface area contributed by atoms with Crippen LogP contribution in [0.25, 0.3) is 0 Å². The van der Waals surface area contributed by atoms with Crippen LogP contribution in [0.5, 0.6) is 0 Å². The van der Waals surface area contributed by atoms with E-state index >= 15 is 0 Å². The number of carboxylic acid groups (broad SMARTS) is 1. The number of hydrogen-bond acceptors (Lipinski definition) is 6. The van der Waals surface area contributed by atoms with Gasteiger partial charge in [0.1, 0.15) is 12.2 Å². The second-order valence-electron chi connectivity index (χ2n) is 14.2. The molecule has 4 aliphatic rings. The van der Waals surface area contributed by atoms with Crippen molar-refractivity contribution in [3.63, 3.8) is 0 Å². The Morgan fingerprint density at radius 3 is 2.20 bits per heavy atom. The van der Waals surface area contributed by atoms with Crippen LogP contribution in [-0.4, -0.2) is 46.4 Å². The number of ether oxygens (including phenoxy) is 2. The number of allylic oxidation sites excluding steroid dienone is 2. The van der Waals surface area contributed by atoms with Crippen LogP contribution in [0.1, 0.15) is 107 Å². The van der Waals surface area contributed by atoms with Crippen LogP contribution < -0.4 is 0 Å². The van der Waals surface area contributed by atoms with Gasteiger partial charge < -0.3 is 19.7 Å². The molecule has 4 rings (SSSR count). The molecule has 0 aliphatic heterocycles. The molecular formula is C33H50O7. The third-order valence-corrected chi connectivity index (χ3v) is 11.9. The summed E-state index contributed by atoms with van der Waals surface area (Å²) in [6.45, 7) is 15.9. The quantitative estimate of drug-likeness (QED) is 0.226. The normalized spacial score (nSPS) is 43.5. The zero-order chi connectivity index (χ0) is 29.8. The van der Waals surface area contributed by atoms with E-state index in [0.717, 1.165) is 31.3 Å². The molecule has 7 nitrogen and oxygen atoms in total. The highest BCUT2D eigenvalue weighted by atomic mass is 16.5. The van der Waals surface area contributed by atoms with E-state index in [2.05, 4.69) is 27.7 Å². The van der Waals surface area contributed by atoms with E-state index in [4.69, 9.17) is 9.47 Å². The minimum absolute atomic E-state index is 0.0111. The first kappa shape index (κ1) is 30.8. The molecule has 4 aliphatic carbocycles. The number of fused-ring (bicyclic) bond motifs is 5. The molecule has 0 amide bonds. The van der Waals surface area contributed by atoms with E-state index in [9.17, 15) is 24.6 Å². The highest BCUT2D eigenvalue weighted by Crippen LogP contribution is 2.74. The highest BCUT2D eigenvalue weighted by molar-refractivity contribution is 5.88. The zero-order valence-electron chi connectivity index (χ0n) is 25.7. The van der Waals surface area contributed by atoms with Crippen LogP contribution in [0.15, 0.2) is 22.8 Å². The molecule has 4 fully saturated rings. The molecule has 0 aromatic heterocycles. The van der Waals surface area contributed by atoms with Gasteiger partial charge in [-0.15, -0.1) is 0 Å². The Bertz CT molecular complexity index is 1100. The van der Waals surface area contributed by atoms with Gasteiger partial charge in [0.15, 0.2) is 0 Å². The van der Waals surface area contributed by atoms with E-state index in [1.54, 1.807) is 0 Å². The van der Waals surface area contributed by atoms with Crippen molar-refractivity contribution in [3.05, 3.63) is 22.8 Å². The molecule has 3 unspecified atom stereocenters. The third-order valence-electron chi connectivity index (χ3n) is 11.9. The second-order valence-corrected chi connectivity index (χ2v) is 14.2. The summed E-state index contributed by atoms with van der Waals surface area (Å²) in [5.74, 6) is -1.26. The minimum Gasteiger partial charge on any atom is -0.478 e. The van der Waals surface area contributed by atoms with Gasteiger partial charge in [-0.25, -0.2) is 4.79 Å². The molecular weight excluding hydrogens is 508 g/mol. The number of esters is 2. The van der Waals surface area contributed by atoms with Crippen molar-refractivity contribution in [2.24, 2.45) is 39.9 Å². The predicted molar refractivity (Wildman–Crippen MR) is 152 cm³/mol. The van der Waals surface area contributed by atoms with Crippen LogP contribution in [0.3, 0.4) is 0 Å². The lowest BCUT2D eigenvalue weighted by Crippen LogP contribution is -2.65. The lowest BCUT2D eigenvalue weighted by atomic mass is 9.36. The Morgan fingerprint density at radius 2 is 1.62 bits per heavy atom. The van der Waals surface area contributed by atoms with Gasteiger partial charge in [0, 0.05) is 19.4 Å². The summed E-state index contributed by atoms with van der Waals surface area (Å²) in [6.07, 6.45) is 6.24. The number of rotatable bonds is 6. The smallest absolute Gasteiger partial charge is 0.331 e. The Balaban J connectivity index is 1.78. The Morgan fingerprint density at radius 1 is 0.975 bits per heavy atom. The van der Waals surface area contributed by atoms with Crippen LogP contribution >= 0.6 is 0 Å². The summed E-state index contributed by atoms with van der Waals surface area (Å²) in [5.41, 5.74) is 1.42. The SMILES string of the molecule is CC(=O)O[C@H]1C[C@@]2(C)C(C[C@@H](O)C3[C@@]4(C)CC[C@@H](OC(C)=O)[C@@H](C)C4CC[C@@]32C)/C1=C(\CCC=C(C)C)C(=O)O. The van der Waals surface area contributed by atoms with Crippen LogP contribution in [0.2, 0.25) is 0 Å². The fourth-order valence-corrected chi connectivity index (χ4v) is 10.2. The number of hydrogen-bond donors (Lipinski definition) is 2. The Kier molecular flexibility index (Phi) is 8.41. The molecule has 2 N–H and O–H groups in total. The van der Waals surface area contributed by atoms with Crippen molar-refractivity contribution in [3.8, 4) is 0 Å². The maximum Gasteiger partial charge on any atom is 0.331 e. The Labute approximate surface area is 239 Å². The van der Waals surface area contributed by atoms with Gasteiger partial charge in [0.25, 0.3) is 0 Å². The number of aliphatic hydroxyl groups is 1. The highest BCUT2D eigenvalue weighted by Gasteiger charge is 2.71. The summed E-state index contributed by atoms with van der Waals surface area (Å²) in [7, 11) is 0. The molecule has 10 atom stereocenters. The molecule has 0 bridgehead atoms. The van der Waals surface area contributed by atoms with Gasteiger partial charge in [-0.2, -0.15) is 0 Å². The van der Waals surface area contributed by atoms with Crippen LogP contribution in [-0.2, 0) is 23.9 Å². The van der Waals surface area contributed by atoms with Crippen molar-refractivity contribution in [2.75, 3.05) is 0 Å². The summed E-state index contributed by atoms with van der Waals surface area (Å²) >= 11 is 0. The van der Waals surface area contributed by atoms with Gasteiger partial charge >= 0.3 is 17.9 Å². The first-order valence-electron chi connectivity index (χ1n) is 15.2. The van der Waals surface area contributed by atoms with Gasteiger partial charge in [0.05, 0.1) is 6.10 Å².